The molecule has 0 heterocycles. The molecule has 0 aliphatic heterocycles. The van der Waals surface area contributed by atoms with E-state index in [1.165, 1.54) is 5.56 Å². The molecule has 0 atom stereocenters. The first kappa shape index (κ1) is 9.54. The van der Waals surface area contributed by atoms with Gasteiger partial charge in [-0.3, -0.25) is 0 Å². The highest BCUT2D eigenvalue weighted by Crippen LogP contribution is 2.29. The number of fused-ring (bicyclic) bond motifs is 1. The maximum absolute atomic E-state index is 8.68. The highest BCUT2D eigenvalue weighted by molar-refractivity contribution is 5.80. The normalized spacial score (nSPS) is 15.9. The summed E-state index contributed by atoms with van der Waals surface area (Å²) >= 11 is 0. The summed E-state index contributed by atoms with van der Waals surface area (Å²) in [5.41, 5.74) is 3.29. The number of hydrogen-bond acceptors (Lipinski definition) is 2. The van der Waals surface area contributed by atoms with Crippen molar-refractivity contribution in [1.82, 2.24) is 0 Å². The highest BCUT2D eigenvalue weighted by Gasteiger charge is 2.10. The van der Waals surface area contributed by atoms with E-state index in [1.54, 1.807) is 13.2 Å². The Morgan fingerprint density at radius 3 is 3.07 bits per heavy atom. The molecule has 0 radical (unpaired) electrons. The topological polar surface area (TPSA) is 33.0 Å². The molecule has 2 heteroatoms. The van der Waals surface area contributed by atoms with Crippen LogP contribution in [-0.4, -0.2) is 7.11 Å². The van der Waals surface area contributed by atoms with Crippen LogP contribution in [-0.2, 0) is 6.42 Å². The van der Waals surface area contributed by atoms with Crippen LogP contribution in [0, 0.1) is 11.3 Å². The molecule has 0 fully saturated rings. The van der Waals surface area contributed by atoms with Gasteiger partial charge < -0.3 is 4.74 Å². The molecule has 0 bridgehead atoms. The van der Waals surface area contributed by atoms with Crippen molar-refractivity contribution in [3.63, 3.8) is 0 Å². The Labute approximate surface area is 89.1 Å². The van der Waals surface area contributed by atoms with Crippen molar-refractivity contribution in [1.29, 1.82) is 5.26 Å². The fraction of sp³-hybridized carbons (Fsp3) is 0.154. The molecule has 1 aliphatic carbocycles. The molecule has 0 saturated carbocycles. The van der Waals surface area contributed by atoms with Crippen LogP contribution in [0.25, 0.3) is 5.57 Å². The van der Waals surface area contributed by atoms with Gasteiger partial charge in [0.1, 0.15) is 5.75 Å². The van der Waals surface area contributed by atoms with Crippen LogP contribution < -0.4 is 4.74 Å². The summed E-state index contributed by atoms with van der Waals surface area (Å²) in [6, 6.07) is 8.03. The van der Waals surface area contributed by atoms with Gasteiger partial charge in [-0.15, -0.1) is 0 Å². The Balaban J connectivity index is 2.54. The van der Waals surface area contributed by atoms with E-state index in [-0.39, 0.29) is 0 Å². The number of allylic oxidation sites excluding steroid dienone is 4. The van der Waals surface area contributed by atoms with Crippen molar-refractivity contribution in [2.45, 2.75) is 6.42 Å². The molecule has 0 aromatic heterocycles. The van der Waals surface area contributed by atoms with Crippen LogP contribution in [0.2, 0.25) is 0 Å². The van der Waals surface area contributed by atoms with E-state index in [2.05, 4.69) is 12.1 Å². The lowest BCUT2D eigenvalue weighted by Gasteiger charge is -2.14. The average molecular weight is 197 g/mol. The Morgan fingerprint density at radius 2 is 2.33 bits per heavy atom. The average Bonchev–Trinajstić information content (AvgIpc) is 2.29. The van der Waals surface area contributed by atoms with Gasteiger partial charge in [-0.1, -0.05) is 18.2 Å². The largest absolute Gasteiger partial charge is 0.497 e. The van der Waals surface area contributed by atoms with Crippen LogP contribution in [0.4, 0.5) is 0 Å². The summed E-state index contributed by atoms with van der Waals surface area (Å²) in [6.45, 7) is 0. The highest BCUT2D eigenvalue weighted by atomic mass is 16.5. The van der Waals surface area contributed by atoms with Gasteiger partial charge in [0, 0.05) is 6.08 Å². The second-order valence-corrected chi connectivity index (χ2v) is 3.36. The molecule has 1 aliphatic rings. The van der Waals surface area contributed by atoms with Gasteiger partial charge in [0.05, 0.1) is 13.2 Å². The van der Waals surface area contributed by atoms with Crippen molar-refractivity contribution in [3.8, 4) is 11.8 Å². The minimum Gasteiger partial charge on any atom is -0.497 e. The number of nitriles is 1. The summed E-state index contributed by atoms with van der Waals surface area (Å²) in [7, 11) is 1.65. The lowest BCUT2D eigenvalue weighted by Crippen LogP contribution is -1.97. The van der Waals surface area contributed by atoms with E-state index < -0.39 is 0 Å². The standard InChI is InChI=1S/C13H11NO/c1-15-12-6-5-10-3-2-4-11(7-8-14)13(10)9-12/h2,4-7,9H,3H2,1H3/b11-7+. The molecule has 0 spiro atoms. The van der Waals surface area contributed by atoms with Gasteiger partial charge >= 0.3 is 0 Å². The minimum absolute atomic E-state index is 0.827. The van der Waals surface area contributed by atoms with Gasteiger partial charge in [0.2, 0.25) is 0 Å². The minimum atomic E-state index is 0.827. The lowest BCUT2D eigenvalue weighted by molar-refractivity contribution is 0.414. The number of methoxy groups -OCH3 is 1. The Hall–Kier alpha value is -2.01. The summed E-state index contributed by atoms with van der Waals surface area (Å²) in [5, 5.41) is 8.68. The van der Waals surface area contributed by atoms with Gasteiger partial charge in [0.25, 0.3) is 0 Å². The molecule has 74 valence electrons. The molecule has 2 rings (SSSR count). The molecular formula is C13H11NO. The molecule has 15 heavy (non-hydrogen) atoms. The van der Waals surface area contributed by atoms with Crippen LogP contribution in [0.5, 0.6) is 5.75 Å². The molecular weight excluding hydrogens is 186 g/mol. The quantitative estimate of drug-likeness (QED) is 0.648. The number of hydrogen-bond donors (Lipinski definition) is 0. The predicted octanol–water partition coefficient (Wildman–Crippen LogP) is 2.71. The van der Waals surface area contributed by atoms with Crippen molar-refractivity contribution >= 4 is 5.57 Å². The van der Waals surface area contributed by atoms with Gasteiger partial charge in [-0.2, -0.15) is 5.26 Å². The van der Waals surface area contributed by atoms with Crippen molar-refractivity contribution in [3.05, 3.63) is 47.6 Å². The Kier molecular flexibility index (Phi) is 2.55. The Morgan fingerprint density at radius 1 is 1.47 bits per heavy atom. The van der Waals surface area contributed by atoms with Crippen molar-refractivity contribution < 1.29 is 4.74 Å². The monoisotopic (exact) mass is 197 g/mol. The lowest BCUT2D eigenvalue weighted by atomic mass is 9.92. The number of nitrogens with zero attached hydrogens (tertiary/aromatic N) is 1. The molecule has 1 aromatic rings. The molecule has 0 saturated heterocycles. The van der Waals surface area contributed by atoms with E-state index in [0.29, 0.717) is 0 Å². The first-order valence-electron chi connectivity index (χ1n) is 4.79. The van der Waals surface area contributed by atoms with E-state index in [9.17, 15) is 0 Å². The third kappa shape index (κ3) is 1.77. The van der Waals surface area contributed by atoms with Crippen molar-refractivity contribution in [2.24, 2.45) is 0 Å². The zero-order valence-electron chi connectivity index (χ0n) is 8.53. The second-order valence-electron chi connectivity index (χ2n) is 3.36. The first-order chi connectivity index (χ1) is 7.35. The SMILES string of the molecule is COc1ccc2c(c1)/C(=C/C#N)C=CC2. The summed E-state index contributed by atoms with van der Waals surface area (Å²) in [4.78, 5) is 0. The van der Waals surface area contributed by atoms with E-state index >= 15 is 0 Å². The van der Waals surface area contributed by atoms with Crippen LogP contribution in [0.15, 0.2) is 36.4 Å². The zero-order chi connectivity index (χ0) is 10.7. The zero-order valence-corrected chi connectivity index (χ0v) is 8.53. The molecule has 0 N–H and O–H groups in total. The Bertz CT molecular complexity index is 478. The maximum atomic E-state index is 8.68. The third-order valence-electron chi connectivity index (χ3n) is 2.48. The molecule has 1 aromatic carbocycles. The van der Waals surface area contributed by atoms with E-state index in [0.717, 1.165) is 23.3 Å². The number of ether oxygens (including phenoxy) is 1. The van der Waals surface area contributed by atoms with E-state index in [4.69, 9.17) is 10.00 Å². The van der Waals surface area contributed by atoms with Gasteiger partial charge in [-0.05, 0) is 35.3 Å². The maximum Gasteiger partial charge on any atom is 0.119 e. The fourth-order valence-electron chi connectivity index (χ4n) is 1.73. The van der Waals surface area contributed by atoms with Crippen LogP contribution >= 0.6 is 0 Å². The number of benzene rings is 1. The fourth-order valence-corrected chi connectivity index (χ4v) is 1.73. The third-order valence-corrected chi connectivity index (χ3v) is 2.48. The second kappa shape index (κ2) is 4.02. The summed E-state index contributed by atoms with van der Waals surface area (Å²) < 4.78 is 5.17. The van der Waals surface area contributed by atoms with Gasteiger partial charge in [-0.25, -0.2) is 0 Å². The van der Waals surface area contributed by atoms with E-state index in [1.807, 2.05) is 24.3 Å². The van der Waals surface area contributed by atoms with Crippen LogP contribution in [0.1, 0.15) is 11.1 Å². The summed E-state index contributed by atoms with van der Waals surface area (Å²) in [5.74, 6) is 0.827. The first-order valence-corrected chi connectivity index (χ1v) is 4.79. The van der Waals surface area contributed by atoms with Gasteiger partial charge in [0.15, 0.2) is 0 Å². The summed E-state index contributed by atoms with van der Waals surface area (Å²) in [6.07, 6.45) is 6.53. The van der Waals surface area contributed by atoms with Crippen molar-refractivity contribution in [2.75, 3.05) is 7.11 Å². The molecule has 0 amide bonds. The smallest absolute Gasteiger partial charge is 0.119 e. The number of rotatable bonds is 1. The molecule has 0 unspecified atom stereocenters. The predicted molar refractivity (Wildman–Crippen MR) is 59.4 cm³/mol. The van der Waals surface area contributed by atoms with Crippen LogP contribution in [0.3, 0.4) is 0 Å². The molecule has 2 nitrogen and oxygen atoms in total.